The molecular formula is C52H36N4. The third-order valence-corrected chi connectivity index (χ3v) is 10.5. The standard InChI is InChI=1S/C52H36N4/c1-3-15-39(16-4-1)55(41-29-25-37(26-30-41)49-23-11-13-33-53-49)51-35-47-44-20-8-10-22-46(44)52(36-48(47)43-19-7-9-21-45(43)51)56(40-17-5-2-6-18-40)42-31-27-38(28-32-42)50-24-12-14-34-54-50/h1-36H. The lowest BCUT2D eigenvalue weighted by Gasteiger charge is -2.30. The summed E-state index contributed by atoms with van der Waals surface area (Å²) in [5.74, 6) is 0. The van der Waals surface area contributed by atoms with Crippen LogP contribution in [0.5, 0.6) is 0 Å². The fourth-order valence-corrected chi connectivity index (χ4v) is 7.92. The minimum absolute atomic E-state index is 0.956. The van der Waals surface area contributed by atoms with Crippen LogP contribution in [0.4, 0.5) is 34.1 Å². The van der Waals surface area contributed by atoms with E-state index in [9.17, 15) is 0 Å². The van der Waals surface area contributed by atoms with Crippen molar-refractivity contribution in [3.05, 3.63) is 219 Å². The zero-order valence-electron chi connectivity index (χ0n) is 30.6. The van der Waals surface area contributed by atoms with E-state index in [0.29, 0.717) is 0 Å². The summed E-state index contributed by atoms with van der Waals surface area (Å²) in [5, 5.41) is 7.12. The van der Waals surface area contributed by atoms with Gasteiger partial charge in [-0.3, -0.25) is 9.97 Å². The normalized spacial score (nSPS) is 11.2. The van der Waals surface area contributed by atoms with Crippen LogP contribution in [0.3, 0.4) is 0 Å². The molecule has 0 fully saturated rings. The van der Waals surface area contributed by atoms with Gasteiger partial charge in [-0.1, -0.05) is 121 Å². The average molecular weight is 717 g/mol. The topological polar surface area (TPSA) is 32.3 Å². The summed E-state index contributed by atoms with van der Waals surface area (Å²) in [6, 6.07) is 73.3. The molecule has 2 aromatic heterocycles. The van der Waals surface area contributed by atoms with Crippen LogP contribution in [0.25, 0.3) is 54.8 Å². The van der Waals surface area contributed by atoms with Crippen molar-refractivity contribution < 1.29 is 0 Å². The lowest BCUT2D eigenvalue weighted by molar-refractivity contribution is 1.29. The number of fused-ring (bicyclic) bond motifs is 5. The first kappa shape index (κ1) is 33.0. The Labute approximate surface area is 326 Å². The second-order valence-electron chi connectivity index (χ2n) is 13.8. The first-order valence-corrected chi connectivity index (χ1v) is 18.9. The fraction of sp³-hybridized carbons (Fsp3) is 0. The molecule has 264 valence electrons. The minimum Gasteiger partial charge on any atom is -0.310 e. The smallest absolute Gasteiger partial charge is 0.0701 e. The highest BCUT2D eigenvalue weighted by molar-refractivity contribution is 6.24. The molecule has 0 aliphatic rings. The zero-order valence-corrected chi connectivity index (χ0v) is 30.6. The van der Waals surface area contributed by atoms with Crippen molar-refractivity contribution in [2.75, 3.05) is 9.80 Å². The van der Waals surface area contributed by atoms with Crippen molar-refractivity contribution in [3.63, 3.8) is 0 Å². The van der Waals surface area contributed by atoms with E-state index in [2.05, 4.69) is 202 Å². The number of aromatic nitrogens is 2. The van der Waals surface area contributed by atoms with Crippen LogP contribution in [0.1, 0.15) is 0 Å². The number of hydrogen-bond donors (Lipinski definition) is 0. The Balaban J connectivity index is 1.20. The van der Waals surface area contributed by atoms with Crippen molar-refractivity contribution >= 4 is 66.4 Å². The molecule has 0 radical (unpaired) electrons. The van der Waals surface area contributed by atoms with Gasteiger partial charge in [0.2, 0.25) is 0 Å². The van der Waals surface area contributed by atoms with Crippen LogP contribution in [0.2, 0.25) is 0 Å². The summed E-state index contributed by atoms with van der Waals surface area (Å²) in [5.41, 5.74) is 10.6. The van der Waals surface area contributed by atoms with Gasteiger partial charge in [-0.25, -0.2) is 0 Å². The van der Waals surface area contributed by atoms with Crippen LogP contribution in [-0.4, -0.2) is 9.97 Å². The summed E-state index contributed by atoms with van der Waals surface area (Å²) >= 11 is 0. The summed E-state index contributed by atoms with van der Waals surface area (Å²) in [4.78, 5) is 14.0. The first-order chi connectivity index (χ1) is 27.8. The molecule has 0 saturated heterocycles. The number of anilines is 6. The predicted molar refractivity (Wildman–Crippen MR) is 235 cm³/mol. The molecule has 0 atom stereocenters. The lowest BCUT2D eigenvalue weighted by atomic mass is 9.93. The highest BCUT2D eigenvalue weighted by atomic mass is 15.1. The molecule has 0 N–H and O–H groups in total. The van der Waals surface area contributed by atoms with Gasteiger partial charge in [0.05, 0.1) is 22.8 Å². The number of hydrogen-bond acceptors (Lipinski definition) is 4. The van der Waals surface area contributed by atoms with Gasteiger partial charge in [-0.2, -0.15) is 0 Å². The monoisotopic (exact) mass is 716 g/mol. The van der Waals surface area contributed by atoms with Gasteiger partial charge in [0.25, 0.3) is 0 Å². The van der Waals surface area contributed by atoms with Gasteiger partial charge in [0.15, 0.2) is 0 Å². The second-order valence-corrected chi connectivity index (χ2v) is 13.8. The fourth-order valence-electron chi connectivity index (χ4n) is 7.92. The van der Waals surface area contributed by atoms with E-state index in [1.807, 2.05) is 36.7 Å². The largest absolute Gasteiger partial charge is 0.310 e. The van der Waals surface area contributed by atoms with E-state index >= 15 is 0 Å². The van der Waals surface area contributed by atoms with E-state index in [-0.39, 0.29) is 0 Å². The molecular weight excluding hydrogens is 681 g/mol. The molecule has 0 spiro atoms. The van der Waals surface area contributed by atoms with Crippen LogP contribution in [0, 0.1) is 0 Å². The molecule has 0 bridgehead atoms. The van der Waals surface area contributed by atoms with E-state index < -0.39 is 0 Å². The average Bonchev–Trinajstić information content (AvgIpc) is 3.28. The van der Waals surface area contributed by atoms with Gasteiger partial charge in [0, 0.05) is 57.0 Å². The quantitative estimate of drug-likeness (QED) is 0.147. The molecule has 4 heteroatoms. The third kappa shape index (κ3) is 6.00. The maximum atomic E-state index is 4.60. The molecule has 10 rings (SSSR count). The SMILES string of the molecule is c1ccc(N(c2ccc(-c3ccccn3)cc2)c2cc3c4ccccc4c(N(c4ccccc4)c4ccc(-c5ccccn5)cc4)cc3c3ccccc23)cc1. The number of pyridine rings is 2. The Morgan fingerprint density at radius 1 is 0.268 bits per heavy atom. The highest BCUT2D eigenvalue weighted by Gasteiger charge is 2.22. The van der Waals surface area contributed by atoms with Gasteiger partial charge >= 0.3 is 0 Å². The van der Waals surface area contributed by atoms with Gasteiger partial charge < -0.3 is 9.80 Å². The number of nitrogens with zero attached hydrogens (tertiary/aromatic N) is 4. The van der Waals surface area contributed by atoms with E-state index in [1.165, 1.54) is 32.3 Å². The van der Waals surface area contributed by atoms with Gasteiger partial charge in [-0.15, -0.1) is 0 Å². The van der Waals surface area contributed by atoms with Gasteiger partial charge in [-0.05, 0) is 106 Å². The maximum Gasteiger partial charge on any atom is 0.0701 e. The molecule has 0 amide bonds. The predicted octanol–water partition coefficient (Wildman–Crippen LogP) is 14.2. The number of benzene rings is 8. The highest BCUT2D eigenvalue weighted by Crippen LogP contribution is 2.47. The van der Waals surface area contributed by atoms with Crippen LogP contribution < -0.4 is 9.80 Å². The van der Waals surface area contributed by atoms with Crippen LogP contribution >= 0.6 is 0 Å². The first-order valence-electron chi connectivity index (χ1n) is 18.9. The molecule has 4 nitrogen and oxygen atoms in total. The Morgan fingerprint density at radius 2 is 0.607 bits per heavy atom. The summed E-state index contributed by atoms with van der Waals surface area (Å²) in [6.07, 6.45) is 3.68. The zero-order chi connectivity index (χ0) is 37.3. The number of para-hydroxylation sites is 2. The Bertz CT molecular complexity index is 2730. The molecule has 8 aromatic carbocycles. The molecule has 0 aliphatic carbocycles. The van der Waals surface area contributed by atoms with Crippen molar-refractivity contribution in [2.45, 2.75) is 0 Å². The van der Waals surface area contributed by atoms with Crippen LogP contribution in [-0.2, 0) is 0 Å². The van der Waals surface area contributed by atoms with Crippen molar-refractivity contribution in [1.82, 2.24) is 9.97 Å². The summed E-state index contributed by atoms with van der Waals surface area (Å²) in [6.45, 7) is 0. The molecule has 10 aromatic rings. The Morgan fingerprint density at radius 3 is 0.982 bits per heavy atom. The van der Waals surface area contributed by atoms with Crippen molar-refractivity contribution in [1.29, 1.82) is 0 Å². The number of rotatable bonds is 8. The molecule has 2 heterocycles. The van der Waals surface area contributed by atoms with Gasteiger partial charge in [0.1, 0.15) is 0 Å². The third-order valence-electron chi connectivity index (χ3n) is 10.5. The van der Waals surface area contributed by atoms with Crippen molar-refractivity contribution in [2.24, 2.45) is 0 Å². The maximum absolute atomic E-state index is 4.60. The Hall–Kier alpha value is -7.56. The lowest BCUT2D eigenvalue weighted by Crippen LogP contribution is -2.12. The van der Waals surface area contributed by atoms with Crippen molar-refractivity contribution in [3.8, 4) is 22.5 Å². The Kier molecular flexibility index (Phi) is 8.47. The summed E-state index contributed by atoms with van der Waals surface area (Å²) < 4.78 is 0. The second kappa shape index (κ2) is 14.3. The molecule has 0 unspecified atom stereocenters. The molecule has 0 aliphatic heterocycles. The van der Waals surface area contributed by atoms with E-state index in [0.717, 1.165) is 56.6 Å². The van der Waals surface area contributed by atoms with E-state index in [1.54, 1.807) is 0 Å². The molecule has 0 saturated carbocycles. The minimum atomic E-state index is 0.956. The summed E-state index contributed by atoms with van der Waals surface area (Å²) in [7, 11) is 0. The molecule has 56 heavy (non-hydrogen) atoms. The van der Waals surface area contributed by atoms with Crippen LogP contribution in [0.15, 0.2) is 219 Å². The van der Waals surface area contributed by atoms with E-state index in [4.69, 9.17) is 0 Å².